The molecule has 0 unspecified atom stereocenters. The highest BCUT2D eigenvalue weighted by atomic mass is 16.2. The Bertz CT molecular complexity index is 570. The average Bonchev–Trinajstić information content (AvgIpc) is 2.47. The summed E-state index contributed by atoms with van der Waals surface area (Å²) in [6, 6.07) is 14.1. The van der Waals surface area contributed by atoms with E-state index in [0.717, 1.165) is 36.9 Å². The maximum Gasteiger partial charge on any atom is 0.253 e. The third kappa shape index (κ3) is 2.10. The van der Waals surface area contributed by atoms with Gasteiger partial charge >= 0.3 is 0 Å². The zero-order valence-corrected chi connectivity index (χ0v) is 10.3. The number of hydrogen-bond donors (Lipinski definition) is 0. The molecule has 2 aromatic carbocycles. The molecule has 1 fully saturated rings. The fourth-order valence-electron chi connectivity index (χ4n) is 2.46. The summed E-state index contributed by atoms with van der Waals surface area (Å²) in [4.78, 5) is 14.3. The van der Waals surface area contributed by atoms with Crippen LogP contribution in [0.25, 0.3) is 10.8 Å². The van der Waals surface area contributed by atoms with Crippen LogP contribution in [0.2, 0.25) is 0 Å². The van der Waals surface area contributed by atoms with Gasteiger partial charge in [0.2, 0.25) is 0 Å². The van der Waals surface area contributed by atoms with Crippen LogP contribution in [-0.4, -0.2) is 23.9 Å². The van der Waals surface area contributed by atoms with Crippen molar-refractivity contribution in [1.29, 1.82) is 0 Å². The van der Waals surface area contributed by atoms with E-state index in [1.165, 1.54) is 5.39 Å². The third-order valence-electron chi connectivity index (χ3n) is 3.49. The van der Waals surface area contributed by atoms with Crippen molar-refractivity contribution in [2.75, 3.05) is 13.1 Å². The number of carbonyl (C=O) groups excluding carboxylic acids is 1. The molecule has 1 aliphatic heterocycles. The predicted octanol–water partition coefficient (Wildman–Crippen LogP) is 3.28. The molecule has 2 heteroatoms. The molecule has 1 amide bonds. The highest BCUT2D eigenvalue weighted by molar-refractivity contribution is 5.98. The maximum atomic E-state index is 12.4. The van der Waals surface area contributed by atoms with Gasteiger partial charge in [-0.3, -0.25) is 4.79 Å². The Balaban J connectivity index is 1.91. The number of fused-ring (bicyclic) bond motifs is 1. The van der Waals surface area contributed by atoms with Crippen molar-refractivity contribution in [2.24, 2.45) is 0 Å². The van der Waals surface area contributed by atoms with Gasteiger partial charge in [-0.05, 0) is 42.2 Å². The smallest absolute Gasteiger partial charge is 0.253 e. The van der Waals surface area contributed by atoms with Crippen LogP contribution in [0.1, 0.15) is 23.2 Å². The highest BCUT2D eigenvalue weighted by Gasteiger charge is 2.18. The Hall–Kier alpha value is -1.83. The summed E-state index contributed by atoms with van der Waals surface area (Å²) in [5, 5.41) is 2.31. The number of carbonyl (C=O) groups is 1. The monoisotopic (exact) mass is 238 g/mol. The van der Waals surface area contributed by atoms with Crippen molar-refractivity contribution in [3.63, 3.8) is 0 Å². The van der Waals surface area contributed by atoms with Crippen molar-refractivity contribution >= 4 is 16.7 Å². The number of benzene rings is 2. The van der Waals surface area contributed by atoms with Crippen molar-refractivity contribution in [3.05, 3.63) is 54.4 Å². The van der Waals surface area contributed by atoms with Gasteiger partial charge in [-0.1, -0.05) is 30.3 Å². The van der Waals surface area contributed by atoms with Crippen LogP contribution in [0, 0.1) is 6.42 Å². The van der Waals surface area contributed by atoms with Crippen LogP contribution in [0.4, 0.5) is 0 Å². The van der Waals surface area contributed by atoms with Gasteiger partial charge < -0.3 is 4.90 Å². The van der Waals surface area contributed by atoms with E-state index < -0.39 is 0 Å². The second-order valence-corrected chi connectivity index (χ2v) is 4.72. The van der Waals surface area contributed by atoms with E-state index in [9.17, 15) is 4.79 Å². The van der Waals surface area contributed by atoms with E-state index in [2.05, 4.69) is 18.6 Å². The lowest BCUT2D eigenvalue weighted by Crippen LogP contribution is -2.35. The summed E-state index contributed by atoms with van der Waals surface area (Å²) in [7, 11) is 0. The predicted molar refractivity (Wildman–Crippen MR) is 73.4 cm³/mol. The van der Waals surface area contributed by atoms with Gasteiger partial charge in [-0.2, -0.15) is 0 Å². The van der Waals surface area contributed by atoms with E-state index in [0.29, 0.717) is 0 Å². The number of piperidine rings is 1. The van der Waals surface area contributed by atoms with Crippen molar-refractivity contribution in [2.45, 2.75) is 12.8 Å². The summed E-state index contributed by atoms with van der Waals surface area (Å²) in [6.07, 6.45) is 4.28. The number of rotatable bonds is 1. The van der Waals surface area contributed by atoms with E-state index in [-0.39, 0.29) is 5.91 Å². The molecule has 0 aromatic heterocycles. The Kier molecular flexibility index (Phi) is 3.01. The first-order valence-electron chi connectivity index (χ1n) is 6.44. The molecule has 0 aliphatic carbocycles. The fourth-order valence-corrected chi connectivity index (χ4v) is 2.46. The highest BCUT2D eigenvalue weighted by Crippen LogP contribution is 2.18. The lowest BCUT2D eigenvalue weighted by atomic mass is 10.0. The second kappa shape index (κ2) is 4.81. The lowest BCUT2D eigenvalue weighted by Gasteiger charge is -2.26. The Morgan fingerprint density at radius 1 is 0.944 bits per heavy atom. The summed E-state index contributed by atoms with van der Waals surface area (Å²) in [5.74, 6) is 0.161. The molecule has 2 aromatic rings. The van der Waals surface area contributed by atoms with Gasteiger partial charge in [0.25, 0.3) is 5.91 Å². The van der Waals surface area contributed by atoms with Gasteiger partial charge in [-0.25, -0.2) is 0 Å². The summed E-state index contributed by atoms with van der Waals surface area (Å²) >= 11 is 0. The molecule has 0 spiro atoms. The van der Waals surface area contributed by atoms with Crippen LogP contribution >= 0.6 is 0 Å². The molecule has 0 bridgehead atoms. The summed E-state index contributed by atoms with van der Waals surface area (Å²) < 4.78 is 0. The summed E-state index contributed by atoms with van der Waals surface area (Å²) in [6.45, 7) is 1.71. The normalized spacial score (nSPS) is 15.9. The molecule has 91 valence electrons. The van der Waals surface area contributed by atoms with Crippen LogP contribution in [0.15, 0.2) is 42.5 Å². The van der Waals surface area contributed by atoms with Crippen LogP contribution in [-0.2, 0) is 0 Å². The third-order valence-corrected chi connectivity index (χ3v) is 3.49. The SMILES string of the molecule is O=C(c1ccc2ccccc2c1)N1CC[CH]CC1. The molecule has 18 heavy (non-hydrogen) atoms. The molecule has 3 rings (SSSR count). The Morgan fingerprint density at radius 2 is 1.67 bits per heavy atom. The van der Waals surface area contributed by atoms with E-state index in [1.807, 2.05) is 35.2 Å². The molecule has 0 N–H and O–H groups in total. The number of likely N-dealkylation sites (tertiary alicyclic amines) is 1. The van der Waals surface area contributed by atoms with Crippen molar-refractivity contribution in [1.82, 2.24) is 4.90 Å². The van der Waals surface area contributed by atoms with E-state index >= 15 is 0 Å². The quantitative estimate of drug-likeness (QED) is 0.746. The molecule has 0 saturated carbocycles. The first-order valence-corrected chi connectivity index (χ1v) is 6.44. The van der Waals surface area contributed by atoms with Crippen LogP contribution in [0.5, 0.6) is 0 Å². The van der Waals surface area contributed by atoms with Crippen molar-refractivity contribution < 1.29 is 4.79 Å². The number of nitrogens with zero attached hydrogens (tertiary/aromatic N) is 1. The standard InChI is InChI=1S/C16H16NO/c18-16(17-10-4-1-5-11-17)15-9-8-13-6-2-3-7-14(13)12-15/h1-3,6-9,12H,4-5,10-11H2. The average molecular weight is 238 g/mol. The minimum Gasteiger partial charge on any atom is -0.339 e. The largest absolute Gasteiger partial charge is 0.339 e. The number of hydrogen-bond acceptors (Lipinski definition) is 1. The molecular weight excluding hydrogens is 222 g/mol. The van der Waals surface area contributed by atoms with E-state index in [1.54, 1.807) is 0 Å². The Morgan fingerprint density at radius 3 is 2.44 bits per heavy atom. The van der Waals surface area contributed by atoms with Crippen LogP contribution < -0.4 is 0 Å². The molecular formula is C16H16NO. The fraction of sp³-hybridized carbons (Fsp3) is 0.250. The molecule has 1 heterocycles. The molecule has 1 saturated heterocycles. The maximum absolute atomic E-state index is 12.4. The zero-order chi connectivity index (χ0) is 12.4. The molecule has 1 radical (unpaired) electrons. The van der Waals surface area contributed by atoms with E-state index in [4.69, 9.17) is 0 Å². The first kappa shape index (κ1) is 11.3. The summed E-state index contributed by atoms with van der Waals surface area (Å²) in [5.41, 5.74) is 0.801. The van der Waals surface area contributed by atoms with Gasteiger partial charge in [0.1, 0.15) is 0 Å². The molecule has 2 nitrogen and oxygen atoms in total. The minimum absolute atomic E-state index is 0.161. The second-order valence-electron chi connectivity index (χ2n) is 4.72. The van der Waals surface area contributed by atoms with Gasteiger partial charge in [0.15, 0.2) is 0 Å². The minimum atomic E-state index is 0.161. The van der Waals surface area contributed by atoms with Gasteiger partial charge in [0, 0.05) is 18.7 Å². The Labute approximate surface area is 107 Å². The number of amides is 1. The zero-order valence-electron chi connectivity index (χ0n) is 10.3. The first-order chi connectivity index (χ1) is 8.84. The molecule has 0 atom stereocenters. The van der Waals surface area contributed by atoms with Gasteiger partial charge in [-0.15, -0.1) is 0 Å². The lowest BCUT2D eigenvalue weighted by molar-refractivity contribution is 0.0742. The van der Waals surface area contributed by atoms with Crippen LogP contribution in [0.3, 0.4) is 0 Å². The van der Waals surface area contributed by atoms with Crippen molar-refractivity contribution in [3.8, 4) is 0 Å². The van der Waals surface area contributed by atoms with Gasteiger partial charge in [0.05, 0.1) is 0 Å². The topological polar surface area (TPSA) is 20.3 Å². The molecule has 1 aliphatic rings.